The van der Waals surface area contributed by atoms with Gasteiger partial charge in [0, 0.05) is 18.8 Å². The maximum absolute atomic E-state index is 13.5. The van der Waals surface area contributed by atoms with Gasteiger partial charge in [0.15, 0.2) is 5.82 Å². The van der Waals surface area contributed by atoms with Gasteiger partial charge in [-0.1, -0.05) is 11.6 Å². The van der Waals surface area contributed by atoms with Gasteiger partial charge in [0.1, 0.15) is 5.56 Å². The van der Waals surface area contributed by atoms with Gasteiger partial charge in [0.25, 0.3) is 0 Å². The van der Waals surface area contributed by atoms with Crippen molar-refractivity contribution in [3.63, 3.8) is 0 Å². The number of hydrogen-bond acceptors (Lipinski definition) is 3. The van der Waals surface area contributed by atoms with Gasteiger partial charge >= 0.3 is 5.97 Å². The lowest BCUT2D eigenvalue weighted by Gasteiger charge is -2.10. The average Bonchev–Trinajstić information content (AvgIpc) is 2.21. The van der Waals surface area contributed by atoms with Gasteiger partial charge in [-0.25, -0.2) is 9.18 Å². The first-order valence-electron chi connectivity index (χ1n) is 4.03. The largest absolute Gasteiger partial charge is 0.478 e. The van der Waals surface area contributed by atoms with Crippen LogP contribution in [0.5, 0.6) is 0 Å². The van der Waals surface area contributed by atoms with E-state index in [-0.39, 0.29) is 20.7 Å². The highest BCUT2D eigenvalue weighted by Crippen LogP contribution is 2.35. The molecule has 0 heterocycles. The number of nitrogens with two attached hydrogens (primary N) is 1. The fraction of sp³-hybridized carbons (Fsp3) is 0.111. The first-order chi connectivity index (χ1) is 7.41. The zero-order valence-electron chi connectivity index (χ0n) is 8.09. The lowest BCUT2D eigenvalue weighted by atomic mass is 10.1. The molecule has 4 nitrogen and oxygen atoms in total. The van der Waals surface area contributed by atoms with Crippen molar-refractivity contribution < 1.29 is 14.3 Å². The molecule has 0 spiro atoms. The molecule has 0 saturated carbocycles. The smallest absolute Gasteiger partial charge is 0.340 e. The molecule has 0 aliphatic rings. The van der Waals surface area contributed by atoms with Crippen LogP contribution in [0.1, 0.15) is 15.9 Å². The molecule has 0 bridgehead atoms. The third kappa shape index (κ3) is 2.03. The predicted octanol–water partition coefficient (Wildman–Crippen LogP) is 2.57. The Balaban J connectivity index is 3.72. The molecule has 7 heteroatoms. The Bertz CT molecular complexity index is 491. The number of nitrogen functional groups attached to an aromatic ring is 1. The fourth-order valence-electron chi connectivity index (χ4n) is 1.16. The first kappa shape index (κ1) is 12.9. The summed E-state index contributed by atoms with van der Waals surface area (Å²) in [4.78, 5) is 14.5. The second-order valence-corrected chi connectivity index (χ2v) is 4.01. The van der Waals surface area contributed by atoms with Crippen LogP contribution in [0, 0.1) is 5.82 Å². The van der Waals surface area contributed by atoms with E-state index in [0.29, 0.717) is 0 Å². The number of benzene rings is 1. The summed E-state index contributed by atoms with van der Waals surface area (Å²) in [5.41, 5.74) is 4.92. The zero-order chi connectivity index (χ0) is 12.5. The minimum atomic E-state index is -1.48. The normalized spacial score (nSPS) is 11.0. The second kappa shape index (κ2) is 4.80. The number of anilines is 1. The molecule has 1 rings (SSSR count). The van der Waals surface area contributed by atoms with Crippen molar-refractivity contribution in [3.05, 3.63) is 26.4 Å². The minimum Gasteiger partial charge on any atom is -0.478 e. The SMILES string of the molecule is CN=Cc1c(N)c(C(=O)O)c(F)c(Cl)c1Br. The highest BCUT2D eigenvalue weighted by Gasteiger charge is 2.23. The zero-order valence-corrected chi connectivity index (χ0v) is 10.4. The summed E-state index contributed by atoms with van der Waals surface area (Å²) in [6, 6.07) is 0. The van der Waals surface area contributed by atoms with E-state index in [1.807, 2.05) is 0 Å². The summed E-state index contributed by atoms with van der Waals surface area (Å²) < 4.78 is 13.7. The highest BCUT2D eigenvalue weighted by atomic mass is 79.9. The molecule has 86 valence electrons. The molecule has 0 amide bonds. The molecule has 16 heavy (non-hydrogen) atoms. The number of nitrogens with zero attached hydrogens (tertiary/aromatic N) is 1. The number of aliphatic imine (C=N–C) groups is 1. The number of rotatable bonds is 2. The van der Waals surface area contributed by atoms with Crippen molar-refractivity contribution in [1.29, 1.82) is 0 Å². The lowest BCUT2D eigenvalue weighted by molar-refractivity contribution is 0.0693. The van der Waals surface area contributed by atoms with Crippen LogP contribution in [0.15, 0.2) is 9.47 Å². The summed E-state index contributed by atoms with van der Waals surface area (Å²) in [6.45, 7) is 0. The van der Waals surface area contributed by atoms with Gasteiger partial charge in [-0.05, 0) is 15.9 Å². The number of hydrogen-bond donors (Lipinski definition) is 2. The molecule has 0 unspecified atom stereocenters. The predicted molar refractivity (Wildman–Crippen MR) is 64.0 cm³/mol. The van der Waals surface area contributed by atoms with E-state index in [0.717, 1.165) is 0 Å². The van der Waals surface area contributed by atoms with Crippen molar-refractivity contribution in [2.24, 2.45) is 4.99 Å². The Morgan fingerprint density at radius 1 is 1.69 bits per heavy atom. The van der Waals surface area contributed by atoms with Gasteiger partial charge in [0.2, 0.25) is 0 Å². The van der Waals surface area contributed by atoms with Crippen molar-refractivity contribution in [2.45, 2.75) is 0 Å². The molecule has 1 aromatic carbocycles. The van der Waals surface area contributed by atoms with E-state index < -0.39 is 17.3 Å². The summed E-state index contributed by atoms with van der Waals surface area (Å²) in [5.74, 6) is -2.54. The molecule has 0 saturated heterocycles. The molecule has 0 fully saturated rings. The molecule has 0 aliphatic carbocycles. The Morgan fingerprint density at radius 2 is 2.25 bits per heavy atom. The van der Waals surface area contributed by atoms with Crippen molar-refractivity contribution in [2.75, 3.05) is 12.8 Å². The van der Waals surface area contributed by atoms with E-state index in [1.165, 1.54) is 13.3 Å². The molecule has 0 atom stereocenters. The Kier molecular flexibility index (Phi) is 3.88. The summed E-state index contributed by atoms with van der Waals surface area (Å²) in [5, 5.41) is 8.48. The third-order valence-electron chi connectivity index (χ3n) is 1.87. The van der Waals surface area contributed by atoms with Crippen LogP contribution in [0.2, 0.25) is 5.02 Å². The van der Waals surface area contributed by atoms with Gasteiger partial charge in [0.05, 0.1) is 15.2 Å². The monoisotopic (exact) mass is 308 g/mol. The molecule has 0 aromatic heterocycles. The summed E-state index contributed by atoms with van der Waals surface area (Å²) in [6.07, 6.45) is 1.30. The Hall–Kier alpha value is -1.14. The van der Waals surface area contributed by atoms with E-state index in [1.54, 1.807) is 0 Å². The molecule has 1 aromatic rings. The van der Waals surface area contributed by atoms with Crippen LogP contribution in [0.25, 0.3) is 0 Å². The summed E-state index contributed by atoms with van der Waals surface area (Å²) >= 11 is 8.67. The number of halogens is 3. The van der Waals surface area contributed by atoms with E-state index >= 15 is 0 Å². The topological polar surface area (TPSA) is 75.7 Å². The Morgan fingerprint density at radius 3 is 2.69 bits per heavy atom. The standard InChI is InChI=1S/C9H7BrClFN2O2/c1-14-2-3-5(10)6(11)7(12)4(8(3)13)9(15)16/h2H,13H2,1H3,(H,15,16). The highest BCUT2D eigenvalue weighted by molar-refractivity contribution is 9.10. The van der Waals surface area contributed by atoms with Crippen molar-refractivity contribution in [3.8, 4) is 0 Å². The van der Waals surface area contributed by atoms with E-state index in [4.69, 9.17) is 22.4 Å². The van der Waals surface area contributed by atoms with E-state index in [2.05, 4.69) is 20.9 Å². The van der Waals surface area contributed by atoms with E-state index in [9.17, 15) is 9.18 Å². The fourth-order valence-corrected chi connectivity index (χ4v) is 1.85. The number of carbonyl (C=O) groups is 1. The molecule has 0 aliphatic heterocycles. The third-order valence-corrected chi connectivity index (χ3v) is 3.28. The molecule has 3 N–H and O–H groups in total. The van der Waals surface area contributed by atoms with Gasteiger partial charge in [-0.15, -0.1) is 0 Å². The maximum atomic E-state index is 13.5. The summed E-state index contributed by atoms with van der Waals surface area (Å²) in [7, 11) is 1.48. The van der Waals surface area contributed by atoms with Gasteiger partial charge in [-0.3, -0.25) is 4.99 Å². The average molecular weight is 310 g/mol. The minimum absolute atomic E-state index is 0.180. The quantitative estimate of drug-likeness (QED) is 0.501. The van der Waals surface area contributed by atoms with Crippen LogP contribution in [0.4, 0.5) is 10.1 Å². The maximum Gasteiger partial charge on any atom is 0.340 e. The molecular formula is C9H7BrClFN2O2. The van der Waals surface area contributed by atoms with Crippen LogP contribution in [-0.4, -0.2) is 24.3 Å². The van der Waals surface area contributed by atoms with Crippen LogP contribution in [0.3, 0.4) is 0 Å². The number of aromatic carboxylic acids is 1. The first-order valence-corrected chi connectivity index (χ1v) is 5.20. The van der Waals surface area contributed by atoms with Crippen LogP contribution < -0.4 is 5.73 Å². The van der Waals surface area contributed by atoms with Gasteiger partial charge in [-0.2, -0.15) is 0 Å². The van der Waals surface area contributed by atoms with Crippen LogP contribution >= 0.6 is 27.5 Å². The Labute approximate surface area is 104 Å². The molecular weight excluding hydrogens is 302 g/mol. The number of carboxylic acid groups (broad SMARTS) is 1. The lowest BCUT2D eigenvalue weighted by Crippen LogP contribution is -2.10. The molecule has 0 radical (unpaired) electrons. The second-order valence-electron chi connectivity index (χ2n) is 2.84. The van der Waals surface area contributed by atoms with Crippen molar-refractivity contribution >= 4 is 45.4 Å². The van der Waals surface area contributed by atoms with Crippen molar-refractivity contribution in [1.82, 2.24) is 0 Å². The van der Waals surface area contributed by atoms with Crippen LogP contribution in [-0.2, 0) is 0 Å². The van der Waals surface area contributed by atoms with Gasteiger partial charge < -0.3 is 10.8 Å². The number of carboxylic acids is 1.